The van der Waals surface area contributed by atoms with E-state index in [9.17, 15) is 9.18 Å². The predicted octanol–water partition coefficient (Wildman–Crippen LogP) is 1.61. The molecule has 0 bridgehead atoms. The highest BCUT2D eigenvalue weighted by Gasteiger charge is 2.18. The van der Waals surface area contributed by atoms with Crippen molar-refractivity contribution in [2.24, 2.45) is 5.73 Å². The van der Waals surface area contributed by atoms with Crippen LogP contribution in [0.25, 0.3) is 0 Å². The molecule has 0 aliphatic carbocycles. The van der Waals surface area contributed by atoms with E-state index in [1.807, 2.05) is 0 Å². The van der Waals surface area contributed by atoms with Crippen molar-refractivity contribution in [3.8, 4) is 0 Å². The first-order valence-electron chi connectivity index (χ1n) is 5.05. The Bertz CT molecular complexity index is 435. The normalized spacial score (nSPS) is 11.7. The molecule has 1 atom stereocenters. The highest BCUT2D eigenvalue weighted by atomic mass is 19.1. The molecule has 1 aromatic rings. The third-order valence-corrected chi connectivity index (χ3v) is 2.47. The number of rotatable bonds is 3. The Labute approximate surface area is 98.9 Å². The average molecular weight is 238 g/mol. The Balaban J connectivity index is 2.73. The van der Waals surface area contributed by atoms with Crippen LogP contribution in [0.3, 0.4) is 0 Å². The fourth-order valence-corrected chi connectivity index (χ4v) is 1.15. The zero-order valence-electron chi connectivity index (χ0n) is 9.70. The summed E-state index contributed by atoms with van der Waals surface area (Å²) in [5, 5.41) is 9.63. The molecular formula is C11H15FN4O. The Morgan fingerprint density at radius 3 is 2.65 bits per heavy atom. The van der Waals surface area contributed by atoms with Gasteiger partial charge in [-0.15, -0.1) is 0 Å². The van der Waals surface area contributed by atoms with Crippen molar-refractivity contribution < 1.29 is 9.18 Å². The topological polar surface area (TPSA) is 82.2 Å². The SMILES string of the molecule is CC(C(=N)N)N(C)C(=O)Nc1ccccc1F. The first-order chi connectivity index (χ1) is 7.93. The van der Waals surface area contributed by atoms with E-state index >= 15 is 0 Å². The van der Waals surface area contributed by atoms with E-state index < -0.39 is 17.9 Å². The minimum absolute atomic E-state index is 0.0973. The molecule has 0 saturated carbocycles. The van der Waals surface area contributed by atoms with Gasteiger partial charge in [-0.25, -0.2) is 9.18 Å². The largest absolute Gasteiger partial charge is 0.386 e. The molecule has 6 heteroatoms. The summed E-state index contributed by atoms with van der Waals surface area (Å²) in [6.45, 7) is 1.61. The molecule has 5 nitrogen and oxygen atoms in total. The van der Waals surface area contributed by atoms with Gasteiger partial charge < -0.3 is 16.0 Å². The van der Waals surface area contributed by atoms with Gasteiger partial charge in [0.1, 0.15) is 11.7 Å². The summed E-state index contributed by atoms with van der Waals surface area (Å²) in [6, 6.07) is 4.81. The zero-order valence-corrected chi connectivity index (χ0v) is 9.70. The number of para-hydroxylation sites is 1. The molecule has 1 aromatic carbocycles. The summed E-state index contributed by atoms with van der Waals surface area (Å²) in [5.41, 5.74) is 5.38. The molecule has 1 rings (SSSR count). The molecule has 0 spiro atoms. The van der Waals surface area contributed by atoms with E-state index in [2.05, 4.69) is 5.32 Å². The summed E-state index contributed by atoms with van der Waals surface area (Å²) in [5.74, 6) is -0.638. The van der Waals surface area contributed by atoms with Gasteiger partial charge in [-0.05, 0) is 19.1 Å². The molecule has 4 N–H and O–H groups in total. The fourth-order valence-electron chi connectivity index (χ4n) is 1.15. The number of carbonyl (C=O) groups is 1. The minimum atomic E-state index is -0.540. The van der Waals surface area contributed by atoms with Crippen LogP contribution >= 0.6 is 0 Å². The van der Waals surface area contributed by atoms with E-state index in [-0.39, 0.29) is 11.5 Å². The molecule has 92 valence electrons. The van der Waals surface area contributed by atoms with Crippen molar-refractivity contribution in [1.82, 2.24) is 4.90 Å². The van der Waals surface area contributed by atoms with Crippen molar-refractivity contribution >= 4 is 17.6 Å². The number of amidine groups is 1. The Kier molecular flexibility index (Phi) is 4.03. The van der Waals surface area contributed by atoms with Gasteiger partial charge in [0.05, 0.1) is 11.7 Å². The van der Waals surface area contributed by atoms with Crippen molar-refractivity contribution in [2.75, 3.05) is 12.4 Å². The smallest absolute Gasteiger partial charge is 0.322 e. The van der Waals surface area contributed by atoms with Gasteiger partial charge in [0, 0.05) is 7.05 Å². The predicted molar refractivity (Wildman–Crippen MR) is 64.6 cm³/mol. The standard InChI is InChI=1S/C11H15FN4O/c1-7(10(13)14)16(2)11(17)15-9-6-4-3-5-8(9)12/h3-7H,1-2H3,(H3,13,14)(H,15,17). The maximum Gasteiger partial charge on any atom is 0.322 e. The summed E-state index contributed by atoms with van der Waals surface area (Å²) in [6.07, 6.45) is 0. The number of urea groups is 1. The number of benzene rings is 1. The molecule has 0 heterocycles. The number of nitrogens with zero attached hydrogens (tertiary/aromatic N) is 1. The number of nitrogens with two attached hydrogens (primary N) is 1. The second kappa shape index (κ2) is 5.29. The number of halogens is 1. The van der Waals surface area contributed by atoms with Crippen LogP contribution in [0.1, 0.15) is 6.92 Å². The molecule has 0 fully saturated rings. The first kappa shape index (κ1) is 13.0. The molecular weight excluding hydrogens is 223 g/mol. The molecule has 17 heavy (non-hydrogen) atoms. The van der Waals surface area contributed by atoms with Crippen molar-refractivity contribution in [3.63, 3.8) is 0 Å². The maximum atomic E-state index is 13.3. The average Bonchev–Trinajstić information content (AvgIpc) is 2.30. The monoisotopic (exact) mass is 238 g/mol. The summed E-state index contributed by atoms with van der Waals surface area (Å²) in [4.78, 5) is 12.9. The van der Waals surface area contributed by atoms with Crippen LogP contribution in [0.15, 0.2) is 24.3 Å². The van der Waals surface area contributed by atoms with Gasteiger partial charge in [0.2, 0.25) is 0 Å². The second-order valence-electron chi connectivity index (χ2n) is 3.65. The number of amides is 2. The van der Waals surface area contributed by atoms with E-state index in [1.54, 1.807) is 13.0 Å². The lowest BCUT2D eigenvalue weighted by Gasteiger charge is -2.24. The van der Waals surface area contributed by atoms with Crippen LogP contribution in [0.2, 0.25) is 0 Å². The van der Waals surface area contributed by atoms with Gasteiger partial charge in [-0.1, -0.05) is 12.1 Å². The summed E-state index contributed by atoms with van der Waals surface area (Å²) in [7, 11) is 1.49. The van der Waals surface area contributed by atoms with Crippen molar-refractivity contribution in [2.45, 2.75) is 13.0 Å². The molecule has 0 aliphatic rings. The van der Waals surface area contributed by atoms with E-state index in [0.717, 1.165) is 0 Å². The minimum Gasteiger partial charge on any atom is -0.386 e. The Hall–Kier alpha value is -2.11. The van der Waals surface area contributed by atoms with Gasteiger partial charge in [-0.3, -0.25) is 5.41 Å². The number of carbonyl (C=O) groups excluding carboxylic acids is 1. The quantitative estimate of drug-likeness (QED) is 0.552. The van der Waals surface area contributed by atoms with E-state index in [4.69, 9.17) is 11.1 Å². The van der Waals surface area contributed by atoms with Crippen LogP contribution in [0.4, 0.5) is 14.9 Å². The molecule has 1 unspecified atom stereocenters. The molecule has 0 aromatic heterocycles. The Morgan fingerprint density at radius 1 is 1.53 bits per heavy atom. The molecule has 0 radical (unpaired) electrons. The van der Waals surface area contributed by atoms with Crippen molar-refractivity contribution in [1.29, 1.82) is 5.41 Å². The van der Waals surface area contributed by atoms with Crippen LogP contribution < -0.4 is 11.1 Å². The van der Waals surface area contributed by atoms with Crippen LogP contribution in [0, 0.1) is 11.2 Å². The third kappa shape index (κ3) is 3.17. The fraction of sp³-hybridized carbons (Fsp3) is 0.273. The van der Waals surface area contributed by atoms with Crippen molar-refractivity contribution in [3.05, 3.63) is 30.1 Å². The van der Waals surface area contributed by atoms with Crippen LogP contribution in [0.5, 0.6) is 0 Å². The van der Waals surface area contributed by atoms with Crippen LogP contribution in [-0.2, 0) is 0 Å². The lowest BCUT2D eigenvalue weighted by Crippen LogP contribution is -2.45. The Morgan fingerprint density at radius 2 is 2.12 bits per heavy atom. The molecule has 0 saturated heterocycles. The maximum absolute atomic E-state index is 13.3. The number of hydrogen-bond donors (Lipinski definition) is 3. The second-order valence-corrected chi connectivity index (χ2v) is 3.65. The van der Waals surface area contributed by atoms with E-state index in [0.29, 0.717) is 0 Å². The highest BCUT2D eigenvalue weighted by molar-refractivity contribution is 5.93. The van der Waals surface area contributed by atoms with Gasteiger partial charge in [-0.2, -0.15) is 0 Å². The van der Waals surface area contributed by atoms with Gasteiger partial charge in [0.25, 0.3) is 0 Å². The zero-order chi connectivity index (χ0) is 13.0. The highest BCUT2D eigenvalue weighted by Crippen LogP contribution is 2.13. The van der Waals surface area contributed by atoms with E-state index in [1.165, 1.54) is 30.1 Å². The number of nitrogens with one attached hydrogen (secondary N) is 2. The third-order valence-electron chi connectivity index (χ3n) is 2.47. The number of hydrogen-bond acceptors (Lipinski definition) is 2. The van der Waals surface area contributed by atoms with Gasteiger partial charge >= 0.3 is 6.03 Å². The lowest BCUT2D eigenvalue weighted by molar-refractivity contribution is 0.218. The molecule has 0 aliphatic heterocycles. The summed E-state index contributed by atoms with van der Waals surface area (Å²) >= 11 is 0. The van der Waals surface area contributed by atoms with Crippen LogP contribution in [-0.4, -0.2) is 29.9 Å². The number of likely N-dealkylation sites (N-methyl/N-ethyl adjacent to an activating group) is 1. The number of anilines is 1. The molecule has 2 amide bonds. The summed E-state index contributed by atoms with van der Waals surface area (Å²) < 4.78 is 13.3. The van der Waals surface area contributed by atoms with Gasteiger partial charge in [0.15, 0.2) is 0 Å². The lowest BCUT2D eigenvalue weighted by atomic mass is 10.3. The first-order valence-corrected chi connectivity index (χ1v) is 5.05.